The lowest BCUT2D eigenvalue weighted by Crippen LogP contribution is -1.72. The van der Waals surface area contributed by atoms with Gasteiger partial charge in [0.05, 0.1) is 0 Å². The molecule has 0 aliphatic rings. The summed E-state index contributed by atoms with van der Waals surface area (Å²) in [5.41, 5.74) is 0. The highest BCUT2D eigenvalue weighted by atomic mass is 16.3. The number of phenols is 1. The van der Waals surface area contributed by atoms with E-state index in [9.17, 15) is 10.2 Å². The predicted octanol–water partition coefficient (Wildman–Crippen LogP) is 1.85. The standard InChI is InChI=1S/C10H6O2/c11-9-5-1-3-7-8(9)4-2-6-10(7)12/h1,3-5,11-12H. The molecule has 2 nitrogen and oxygen atoms in total. The van der Waals surface area contributed by atoms with Crippen molar-refractivity contribution in [3.05, 3.63) is 36.4 Å². The van der Waals surface area contributed by atoms with Crippen molar-refractivity contribution < 1.29 is 10.2 Å². The van der Waals surface area contributed by atoms with E-state index < -0.39 is 0 Å². The zero-order chi connectivity index (χ0) is 8.55. The lowest BCUT2D eigenvalue weighted by molar-refractivity contribution is 0.476. The first-order valence-electron chi connectivity index (χ1n) is 3.52. The smallest absolute Gasteiger partial charge is 0.175 e. The number of fused-ring (bicyclic) bond motifs is 1. The van der Waals surface area contributed by atoms with Crippen LogP contribution in [0.1, 0.15) is 0 Å². The van der Waals surface area contributed by atoms with Crippen molar-refractivity contribution >= 4 is 10.8 Å². The average Bonchev–Trinajstić information content (AvgIpc) is 2.07. The van der Waals surface area contributed by atoms with E-state index in [4.69, 9.17) is 0 Å². The number of phenolic OH excluding ortho intramolecular Hbond substituents is 1. The molecule has 0 radical (unpaired) electrons. The molecule has 0 atom stereocenters. The monoisotopic (exact) mass is 158 g/mol. The molecule has 12 heavy (non-hydrogen) atoms. The minimum absolute atomic E-state index is 0.0170. The number of aromatic hydroxyl groups is 2. The van der Waals surface area contributed by atoms with Crippen LogP contribution in [0.2, 0.25) is 0 Å². The third kappa shape index (κ3) is 0.841. The average molecular weight is 158 g/mol. The van der Waals surface area contributed by atoms with Crippen molar-refractivity contribution in [1.29, 1.82) is 0 Å². The van der Waals surface area contributed by atoms with Crippen LogP contribution in [0.4, 0.5) is 0 Å². The molecular formula is C10H6O2. The van der Waals surface area contributed by atoms with E-state index in [1.165, 1.54) is 0 Å². The summed E-state index contributed by atoms with van der Waals surface area (Å²) in [6.07, 6.45) is 0. The first-order chi connectivity index (χ1) is 5.79. The van der Waals surface area contributed by atoms with Crippen LogP contribution in [0.3, 0.4) is 0 Å². The van der Waals surface area contributed by atoms with Gasteiger partial charge in [0.2, 0.25) is 0 Å². The van der Waals surface area contributed by atoms with Crippen molar-refractivity contribution in [2.45, 2.75) is 0 Å². The second-order valence-corrected chi connectivity index (χ2v) is 2.50. The maximum atomic E-state index is 9.35. The topological polar surface area (TPSA) is 40.5 Å². The van der Waals surface area contributed by atoms with Gasteiger partial charge in [0.25, 0.3) is 0 Å². The molecule has 0 heterocycles. The predicted molar refractivity (Wildman–Crippen MR) is 44.9 cm³/mol. The molecule has 0 aliphatic heterocycles. The Hall–Kier alpha value is -1.88. The van der Waals surface area contributed by atoms with E-state index in [1.807, 2.05) is 0 Å². The first-order valence-corrected chi connectivity index (χ1v) is 3.52. The van der Waals surface area contributed by atoms with Crippen LogP contribution in [-0.2, 0) is 0 Å². The number of benzene rings is 1. The minimum atomic E-state index is 0.0170. The fourth-order valence-electron chi connectivity index (χ4n) is 1.16. The minimum Gasteiger partial charge on any atom is -0.507 e. The summed E-state index contributed by atoms with van der Waals surface area (Å²) in [6, 6.07) is 11.7. The van der Waals surface area contributed by atoms with Gasteiger partial charge in [0.1, 0.15) is 5.75 Å². The third-order valence-electron chi connectivity index (χ3n) is 1.75. The Bertz CT molecular complexity index is 380. The summed E-state index contributed by atoms with van der Waals surface area (Å²) in [5, 5.41) is 19.8. The summed E-state index contributed by atoms with van der Waals surface area (Å²) in [7, 11) is 0. The van der Waals surface area contributed by atoms with Crippen LogP contribution in [0.15, 0.2) is 24.3 Å². The Morgan fingerprint density at radius 1 is 1.08 bits per heavy atom. The normalized spacial score (nSPS) is 9.67. The SMILES string of the molecule is Oc1c#ccc2c(O)cccc12. The van der Waals surface area contributed by atoms with E-state index in [0.29, 0.717) is 10.8 Å². The van der Waals surface area contributed by atoms with E-state index in [-0.39, 0.29) is 11.5 Å². The number of hydrogen-bond acceptors (Lipinski definition) is 2. The molecular weight excluding hydrogens is 152 g/mol. The molecule has 0 unspecified atom stereocenters. The molecule has 0 saturated carbocycles. The fourth-order valence-corrected chi connectivity index (χ4v) is 1.16. The lowest BCUT2D eigenvalue weighted by Gasteiger charge is -1.98. The van der Waals surface area contributed by atoms with Crippen LogP contribution in [0, 0.1) is 12.1 Å². The third-order valence-corrected chi connectivity index (χ3v) is 1.75. The van der Waals surface area contributed by atoms with Crippen LogP contribution in [0.5, 0.6) is 11.5 Å². The molecule has 0 fully saturated rings. The maximum Gasteiger partial charge on any atom is 0.175 e. The van der Waals surface area contributed by atoms with Gasteiger partial charge in [-0.25, -0.2) is 0 Å². The Kier molecular flexibility index (Phi) is 1.31. The number of rotatable bonds is 0. The Balaban J connectivity index is 2.94. The van der Waals surface area contributed by atoms with Gasteiger partial charge >= 0.3 is 0 Å². The molecule has 58 valence electrons. The zero-order valence-corrected chi connectivity index (χ0v) is 6.20. The molecule has 0 aromatic heterocycles. The Morgan fingerprint density at radius 2 is 1.92 bits per heavy atom. The molecule has 2 rings (SSSR count). The van der Waals surface area contributed by atoms with Crippen LogP contribution in [0.25, 0.3) is 10.8 Å². The molecule has 2 aromatic carbocycles. The van der Waals surface area contributed by atoms with E-state index in [1.54, 1.807) is 24.3 Å². The summed E-state index contributed by atoms with van der Waals surface area (Å²) in [5.74, 6) is 0.163. The fraction of sp³-hybridized carbons (Fsp3) is 0. The summed E-state index contributed by atoms with van der Waals surface area (Å²) >= 11 is 0. The highest BCUT2D eigenvalue weighted by molar-refractivity contribution is 5.91. The van der Waals surface area contributed by atoms with Crippen molar-refractivity contribution in [3.8, 4) is 11.5 Å². The second-order valence-electron chi connectivity index (χ2n) is 2.50. The quantitative estimate of drug-likeness (QED) is 0.614. The highest BCUT2D eigenvalue weighted by Gasteiger charge is 2.00. The molecule has 0 saturated heterocycles. The molecule has 0 amide bonds. The van der Waals surface area contributed by atoms with Gasteiger partial charge in [-0.05, 0) is 18.2 Å². The van der Waals surface area contributed by atoms with Crippen LogP contribution >= 0.6 is 0 Å². The van der Waals surface area contributed by atoms with Crippen LogP contribution in [-0.4, -0.2) is 10.2 Å². The maximum absolute atomic E-state index is 9.35. The van der Waals surface area contributed by atoms with E-state index in [2.05, 4.69) is 12.1 Å². The Labute approximate surface area is 69.7 Å². The molecule has 2 N–H and O–H groups in total. The van der Waals surface area contributed by atoms with Gasteiger partial charge in [-0.15, -0.1) is 0 Å². The van der Waals surface area contributed by atoms with E-state index >= 15 is 0 Å². The lowest BCUT2D eigenvalue weighted by atomic mass is 10.1. The van der Waals surface area contributed by atoms with Crippen molar-refractivity contribution in [2.24, 2.45) is 0 Å². The largest absolute Gasteiger partial charge is 0.507 e. The molecule has 0 aliphatic carbocycles. The highest BCUT2D eigenvalue weighted by Crippen LogP contribution is 2.27. The van der Waals surface area contributed by atoms with Crippen molar-refractivity contribution in [3.63, 3.8) is 0 Å². The summed E-state index contributed by atoms with van der Waals surface area (Å²) in [4.78, 5) is 0. The molecule has 2 heteroatoms. The van der Waals surface area contributed by atoms with Gasteiger partial charge in [0, 0.05) is 16.8 Å². The summed E-state index contributed by atoms with van der Waals surface area (Å²) < 4.78 is 0. The summed E-state index contributed by atoms with van der Waals surface area (Å²) in [6.45, 7) is 0. The van der Waals surface area contributed by atoms with Gasteiger partial charge in [-0.2, -0.15) is 0 Å². The van der Waals surface area contributed by atoms with Crippen molar-refractivity contribution in [1.82, 2.24) is 0 Å². The zero-order valence-electron chi connectivity index (χ0n) is 6.20. The van der Waals surface area contributed by atoms with Crippen molar-refractivity contribution in [2.75, 3.05) is 0 Å². The Morgan fingerprint density at radius 3 is 2.67 bits per heavy atom. The molecule has 0 spiro atoms. The van der Waals surface area contributed by atoms with Gasteiger partial charge in [-0.1, -0.05) is 12.1 Å². The number of hydrogen-bond donors (Lipinski definition) is 2. The first kappa shape index (κ1) is 6.81. The second kappa shape index (κ2) is 2.31. The van der Waals surface area contributed by atoms with Gasteiger partial charge < -0.3 is 10.2 Å². The van der Waals surface area contributed by atoms with Gasteiger partial charge in [-0.3, -0.25) is 0 Å². The molecule has 0 bridgehead atoms. The van der Waals surface area contributed by atoms with E-state index in [0.717, 1.165) is 0 Å². The van der Waals surface area contributed by atoms with Crippen LogP contribution < -0.4 is 0 Å². The van der Waals surface area contributed by atoms with Gasteiger partial charge in [0.15, 0.2) is 5.75 Å². The molecule has 2 aromatic rings.